The lowest BCUT2D eigenvalue weighted by molar-refractivity contribution is 0.413. The highest BCUT2D eigenvalue weighted by Gasteiger charge is 2.11. The van der Waals surface area contributed by atoms with Crippen molar-refractivity contribution in [3.05, 3.63) is 64.1 Å². The number of benzene rings is 2. The van der Waals surface area contributed by atoms with Gasteiger partial charge in [-0.3, -0.25) is 0 Å². The minimum Gasteiger partial charge on any atom is -0.497 e. The molecular weight excluding hydrogens is 398 g/mol. The smallest absolute Gasteiger partial charge is 0.120 e. The van der Waals surface area contributed by atoms with Gasteiger partial charge in [-0.1, -0.05) is 34.1 Å². The van der Waals surface area contributed by atoms with Crippen LogP contribution in [-0.4, -0.2) is 22.9 Å². The molecule has 3 nitrogen and oxygen atoms in total. The topological polar surface area (TPSA) is 38.7 Å². The number of halogens is 1. The van der Waals surface area contributed by atoms with Crippen LogP contribution in [0.4, 0.5) is 0 Å². The van der Waals surface area contributed by atoms with Crippen molar-refractivity contribution in [2.45, 2.75) is 25.7 Å². The quantitative estimate of drug-likeness (QED) is 0.485. The molecule has 0 aliphatic carbocycles. The van der Waals surface area contributed by atoms with Gasteiger partial charge in [-0.15, -0.1) is 0 Å². The van der Waals surface area contributed by atoms with Crippen LogP contribution in [0.25, 0.3) is 5.57 Å². The molecule has 0 heterocycles. The van der Waals surface area contributed by atoms with E-state index in [0.717, 1.165) is 21.2 Å². The monoisotopic (exact) mass is 419 g/mol. The molecule has 0 saturated heterocycles. The third-order valence-electron chi connectivity index (χ3n) is 3.76. The summed E-state index contributed by atoms with van der Waals surface area (Å²) in [5.74, 6) is 4.50. The Hall–Kier alpha value is -1.85. The molecule has 132 valence electrons. The highest BCUT2D eigenvalue weighted by Crippen LogP contribution is 2.24. The fourth-order valence-corrected chi connectivity index (χ4v) is 4.22. The Balaban J connectivity index is 2.37. The maximum Gasteiger partial charge on any atom is 0.120 e. The molecule has 0 spiro atoms. The Kier molecular flexibility index (Phi) is 6.25. The number of hydrogen-bond donors (Lipinski definition) is 0. The Morgan fingerprint density at radius 1 is 1.20 bits per heavy atom. The number of ether oxygens (including phenoxy) is 1. The van der Waals surface area contributed by atoms with Crippen molar-refractivity contribution in [1.29, 1.82) is 0 Å². The van der Waals surface area contributed by atoms with Gasteiger partial charge in [-0.05, 0) is 73.7 Å². The SMILES string of the molecule is C=S(=O)(N=C(C)/C=C(\C)c1ccc(Br)cc1)c1cc(OC)ccc1C. The summed E-state index contributed by atoms with van der Waals surface area (Å²) in [6.45, 7) is 5.74. The fourth-order valence-electron chi connectivity index (χ4n) is 2.47. The van der Waals surface area contributed by atoms with Crippen molar-refractivity contribution in [3.63, 3.8) is 0 Å². The normalized spacial score (nSPS) is 14.9. The molecule has 5 heteroatoms. The van der Waals surface area contributed by atoms with Gasteiger partial charge < -0.3 is 4.74 Å². The molecular formula is C20H22BrNO2S. The van der Waals surface area contributed by atoms with E-state index in [4.69, 9.17) is 4.74 Å². The zero-order valence-electron chi connectivity index (χ0n) is 14.9. The highest BCUT2D eigenvalue weighted by atomic mass is 79.9. The first-order valence-electron chi connectivity index (χ1n) is 7.75. The predicted molar refractivity (Wildman–Crippen MR) is 112 cm³/mol. The highest BCUT2D eigenvalue weighted by molar-refractivity contribution is 9.10. The van der Waals surface area contributed by atoms with E-state index in [9.17, 15) is 4.21 Å². The summed E-state index contributed by atoms with van der Waals surface area (Å²) in [5, 5.41) is 0. The largest absolute Gasteiger partial charge is 0.497 e. The Bertz CT molecular complexity index is 927. The van der Waals surface area contributed by atoms with E-state index in [1.165, 1.54) is 0 Å². The second kappa shape index (κ2) is 8.02. The molecule has 0 bridgehead atoms. The molecule has 0 aliphatic heterocycles. The van der Waals surface area contributed by atoms with E-state index in [-0.39, 0.29) is 0 Å². The first kappa shape index (κ1) is 19.5. The van der Waals surface area contributed by atoms with E-state index >= 15 is 0 Å². The van der Waals surface area contributed by atoms with Crippen LogP contribution < -0.4 is 4.74 Å². The summed E-state index contributed by atoms with van der Waals surface area (Å²) in [6.07, 6.45) is 1.92. The van der Waals surface area contributed by atoms with E-state index < -0.39 is 9.71 Å². The molecule has 0 fully saturated rings. The second-order valence-corrected chi connectivity index (χ2v) is 8.66. The van der Waals surface area contributed by atoms with Crippen LogP contribution >= 0.6 is 15.9 Å². The van der Waals surface area contributed by atoms with Gasteiger partial charge in [-0.2, -0.15) is 4.40 Å². The van der Waals surface area contributed by atoms with Crippen molar-refractivity contribution < 1.29 is 8.95 Å². The van der Waals surface area contributed by atoms with Crippen molar-refractivity contribution in [2.75, 3.05) is 7.11 Å². The zero-order valence-corrected chi connectivity index (χ0v) is 17.3. The first-order valence-corrected chi connectivity index (χ1v) is 10.2. The van der Waals surface area contributed by atoms with E-state index in [2.05, 4.69) is 26.2 Å². The lowest BCUT2D eigenvalue weighted by Crippen LogP contribution is -2.03. The predicted octanol–water partition coefficient (Wildman–Crippen LogP) is 5.32. The van der Waals surface area contributed by atoms with E-state index in [0.29, 0.717) is 16.4 Å². The first-order chi connectivity index (χ1) is 11.7. The molecule has 2 rings (SSSR count). The fraction of sp³-hybridized carbons (Fsp3) is 0.200. The lowest BCUT2D eigenvalue weighted by atomic mass is 10.1. The molecule has 1 atom stereocenters. The van der Waals surface area contributed by atoms with Crippen LogP contribution in [0.3, 0.4) is 0 Å². The zero-order chi connectivity index (χ0) is 18.6. The molecule has 25 heavy (non-hydrogen) atoms. The number of allylic oxidation sites excluding steroid dienone is 2. The van der Waals surface area contributed by atoms with Gasteiger partial charge in [0.2, 0.25) is 0 Å². The standard InChI is InChI=1S/C20H22BrNO2S/c1-14-6-11-19(24-4)13-20(14)25(5,23)22-16(3)12-15(2)17-7-9-18(21)10-8-17/h6-13H,5H2,1-4H3/b15-12+,22-16?. The van der Waals surface area contributed by atoms with Crippen LogP contribution in [0.2, 0.25) is 0 Å². The Morgan fingerprint density at radius 3 is 2.44 bits per heavy atom. The summed E-state index contributed by atoms with van der Waals surface area (Å²) in [7, 11) is -1.22. The molecule has 1 unspecified atom stereocenters. The maximum absolute atomic E-state index is 13.1. The Morgan fingerprint density at radius 2 is 1.84 bits per heavy atom. The molecule has 0 saturated carbocycles. The minimum atomic E-state index is -2.80. The molecule has 2 aromatic carbocycles. The van der Waals surface area contributed by atoms with Crippen LogP contribution in [0, 0.1) is 6.92 Å². The van der Waals surface area contributed by atoms with Crippen LogP contribution in [-0.2, 0) is 9.71 Å². The van der Waals surface area contributed by atoms with Gasteiger partial charge in [-0.25, -0.2) is 4.21 Å². The van der Waals surface area contributed by atoms with Crippen molar-refractivity contribution in [3.8, 4) is 5.75 Å². The second-order valence-electron chi connectivity index (χ2n) is 5.84. The van der Waals surface area contributed by atoms with E-state index in [1.54, 1.807) is 13.2 Å². The lowest BCUT2D eigenvalue weighted by Gasteiger charge is -2.11. The summed E-state index contributed by atoms with van der Waals surface area (Å²) in [4.78, 5) is 0.598. The molecule has 0 radical (unpaired) electrons. The maximum atomic E-state index is 13.1. The number of methoxy groups -OCH3 is 1. The van der Waals surface area contributed by atoms with Crippen molar-refractivity contribution in [2.24, 2.45) is 4.40 Å². The van der Waals surface area contributed by atoms with Gasteiger partial charge in [0.25, 0.3) is 0 Å². The molecule has 0 amide bonds. The molecule has 2 aromatic rings. The summed E-state index contributed by atoms with van der Waals surface area (Å²) >= 11 is 3.43. The third kappa shape index (κ3) is 5.06. The summed E-state index contributed by atoms with van der Waals surface area (Å²) in [5.41, 5.74) is 3.69. The average molecular weight is 420 g/mol. The van der Waals surface area contributed by atoms with Gasteiger partial charge in [0.05, 0.1) is 21.7 Å². The number of nitrogens with zero attached hydrogens (tertiary/aromatic N) is 1. The minimum absolute atomic E-state index is 0.598. The van der Waals surface area contributed by atoms with Crippen LogP contribution in [0.15, 0.2) is 62.3 Å². The van der Waals surface area contributed by atoms with Crippen LogP contribution in [0.5, 0.6) is 5.75 Å². The number of rotatable bonds is 5. The third-order valence-corrected chi connectivity index (χ3v) is 5.99. The van der Waals surface area contributed by atoms with Crippen LogP contribution in [0.1, 0.15) is 25.0 Å². The van der Waals surface area contributed by atoms with Crippen molar-refractivity contribution in [1.82, 2.24) is 0 Å². The summed E-state index contributed by atoms with van der Waals surface area (Å²) < 4.78 is 23.7. The summed E-state index contributed by atoms with van der Waals surface area (Å²) in [6, 6.07) is 13.5. The number of aryl methyl sites for hydroxylation is 1. The molecule has 0 aliphatic rings. The van der Waals surface area contributed by atoms with Gasteiger partial charge in [0.15, 0.2) is 0 Å². The molecule has 0 N–H and O–H groups in total. The van der Waals surface area contributed by atoms with Gasteiger partial charge >= 0.3 is 0 Å². The molecule has 0 aromatic heterocycles. The van der Waals surface area contributed by atoms with E-state index in [1.807, 2.05) is 63.2 Å². The number of hydrogen-bond acceptors (Lipinski definition) is 2. The van der Waals surface area contributed by atoms with Gasteiger partial charge in [0.1, 0.15) is 5.75 Å². The van der Waals surface area contributed by atoms with Gasteiger partial charge in [0, 0.05) is 10.2 Å². The van der Waals surface area contributed by atoms with Crippen molar-refractivity contribution >= 4 is 42.8 Å². The average Bonchev–Trinajstić information content (AvgIpc) is 2.55. The Labute approximate surface area is 158 Å².